The summed E-state index contributed by atoms with van der Waals surface area (Å²) < 4.78 is 22.8. The van der Waals surface area contributed by atoms with Crippen molar-refractivity contribution >= 4 is 27.4 Å². The van der Waals surface area contributed by atoms with Crippen LogP contribution in [0.15, 0.2) is 47.4 Å². The first kappa shape index (κ1) is 15.9. The number of amides is 1. The quantitative estimate of drug-likeness (QED) is 0.833. The predicted molar refractivity (Wildman–Crippen MR) is 84.5 cm³/mol. The average molecular weight is 341 g/mol. The number of hydrogen-bond acceptors (Lipinski definition) is 5. The van der Waals surface area contributed by atoms with Crippen molar-refractivity contribution in [1.82, 2.24) is 0 Å². The van der Waals surface area contributed by atoms with Crippen molar-refractivity contribution in [3.63, 3.8) is 0 Å². The second-order valence-corrected chi connectivity index (χ2v) is 6.77. The molecule has 2 N–H and O–H groups in total. The molecule has 0 aliphatic carbocycles. The molecule has 1 amide bonds. The molecule has 0 atom stereocenters. The first-order valence-corrected chi connectivity index (χ1v) is 8.38. The Kier molecular flexibility index (Phi) is 3.67. The van der Waals surface area contributed by atoms with Crippen LogP contribution in [0.5, 0.6) is 0 Å². The highest BCUT2D eigenvalue weighted by Gasteiger charge is 2.36. The van der Waals surface area contributed by atoms with E-state index in [1.54, 1.807) is 24.3 Å². The molecule has 7 nitrogen and oxygen atoms in total. The van der Waals surface area contributed by atoms with Gasteiger partial charge >= 0.3 is 0 Å². The second-order valence-electron chi connectivity index (χ2n) is 5.21. The molecule has 24 heavy (non-hydrogen) atoms. The maximum atomic E-state index is 12.2. The van der Waals surface area contributed by atoms with Crippen molar-refractivity contribution in [3.05, 3.63) is 59.2 Å². The number of benzene rings is 2. The molecule has 1 heterocycles. The molecule has 0 saturated heterocycles. The highest BCUT2D eigenvalue weighted by atomic mass is 32.2. The zero-order valence-electron chi connectivity index (χ0n) is 12.3. The van der Waals surface area contributed by atoms with Crippen LogP contribution in [-0.4, -0.2) is 20.1 Å². The smallest absolute Gasteiger partial charge is 0.299 e. The number of anilines is 1. The van der Waals surface area contributed by atoms with E-state index in [0.29, 0.717) is 16.8 Å². The number of fused-ring (bicyclic) bond motifs is 1. The number of ketones is 1. The van der Waals surface area contributed by atoms with Gasteiger partial charge in [0.2, 0.25) is 10.0 Å². The number of Topliss-reactive ketones (excluding diaryl/α,β-unsaturated/α-hetero) is 1. The summed E-state index contributed by atoms with van der Waals surface area (Å²) in [6.45, 7) is 0.0377. The standard InChI is InChI=1S/C16H11N3O4S/c17-8-10-3-1-2-4-11(10)9-19-14-6-5-12(24(18,22)23)7-13(14)15(20)16(19)21/h1-7H,9H2,(H2,18,22,23). The fourth-order valence-corrected chi connectivity index (χ4v) is 3.09. The van der Waals surface area contributed by atoms with Gasteiger partial charge in [-0.15, -0.1) is 0 Å². The lowest BCUT2D eigenvalue weighted by Gasteiger charge is -2.17. The molecular weight excluding hydrogens is 330 g/mol. The van der Waals surface area contributed by atoms with Crippen LogP contribution in [-0.2, 0) is 21.4 Å². The van der Waals surface area contributed by atoms with Gasteiger partial charge in [-0.05, 0) is 29.8 Å². The summed E-state index contributed by atoms with van der Waals surface area (Å²) in [5.41, 5.74) is 1.27. The minimum Gasteiger partial charge on any atom is -0.300 e. The minimum atomic E-state index is -3.98. The highest BCUT2D eigenvalue weighted by Crippen LogP contribution is 2.32. The molecule has 1 aliphatic rings. The zero-order valence-corrected chi connectivity index (χ0v) is 13.1. The maximum absolute atomic E-state index is 12.2. The van der Waals surface area contributed by atoms with E-state index < -0.39 is 21.7 Å². The monoisotopic (exact) mass is 341 g/mol. The average Bonchev–Trinajstić information content (AvgIpc) is 2.79. The number of primary sulfonamides is 1. The van der Waals surface area contributed by atoms with Crippen LogP contribution in [0.4, 0.5) is 5.69 Å². The van der Waals surface area contributed by atoms with E-state index in [-0.39, 0.29) is 17.0 Å². The fraction of sp³-hybridized carbons (Fsp3) is 0.0625. The summed E-state index contributed by atoms with van der Waals surface area (Å²) in [5, 5.41) is 14.2. The van der Waals surface area contributed by atoms with Gasteiger partial charge in [-0.1, -0.05) is 18.2 Å². The summed E-state index contributed by atoms with van der Waals surface area (Å²) in [5.74, 6) is -1.57. The van der Waals surface area contributed by atoms with Gasteiger partial charge in [0.15, 0.2) is 0 Å². The van der Waals surface area contributed by atoms with E-state index in [4.69, 9.17) is 10.4 Å². The molecule has 2 aromatic rings. The van der Waals surface area contributed by atoms with Gasteiger partial charge in [-0.25, -0.2) is 13.6 Å². The molecule has 0 saturated carbocycles. The minimum absolute atomic E-state index is 0.0130. The van der Waals surface area contributed by atoms with E-state index in [1.807, 2.05) is 6.07 Å². The van der Waals surface area contributed by atoms with Crippen LogP contribution in [0, 0.1) is 11.3 Å². The number of rotatable bonds is 3. The summed E-state index contributed by atoms with van der Waals surface area (Å²) in [4.78, 5) is 25.4. The van der Waals surface area contributed by atoms with E-state index >= 15 is 0 Å². The second kappa shape index (κ2) is 5.56. The Bertz CT molecular complexity index is 1020. The van der Waals surface area contributed by atoms with Gasteiger partial charge in [-0.2, -0.15) is 5.26 Å². The summed E-state index contributed by atoms with van der Waals surface area (Å²) in [7, 11) is -3.98. The van der Waals surface area contributed by atoms with Gasteiger partial charge < -0.3 is 4.90 Å². The normalized spacial score (nSPS) is 13.8. The molecule has 1 aliphatic heterocycles. The third-order valence-electron chi connectivity index (χ3n) is 3.74. The summed E-state index contributed by atoms with van der Waals surface area (Å²) >= 11 is 0. The van der Waals surface area contributed by atoms with Crippen LogP contribution in [0.1, 0.15) is 21.5 Å². The molecule has 0 spiro atoms. The Balaban J connectivity index is 2.06. The Labute approximate surface area is 138 Å². The van der Waals surface area contributed by atoms with Crippen LogP contribution in [0.3, 0.4) is 0 Å². The fourth-order valence-electron chi connectivity index (χ4n) is 2.55. The molecular formula is C16H11N3O4S. The predicted octanol–water partition coefficient (Wildman–Crippen LogP) is 0.935. The molecule has 3 rings (SSSR count). The Morgan fingerprint density at radius 1 is 1.12 bits per heavy atom. The van der Waals surface area contributed by atoms with Crippen molar-refractivity contribution in [3.8, 4) is 6.07 Å². The third kappa shape index (κ3) is 2.56. The third-order valence-corrected chi connectivity index (χ3v) is 4.65. The number of nitriles is 1. The Hall–Kier alpha value is -3.02. The molecule has 0 unspecified atom stereocenters. The van der Waals surface area contributed by atoms with Crippen molar-refractivity contribution in [2.45, 2.75) is 11.4 Å². The first-order chi connectivity index (χ1) is 11.3. The van der Waals surface area contributed by atoms with Crippen LogP contribution < -0.4 is 10.0 Å². The topological polar surface area (TPSA) is 121 Å². The Morgan fingerprint density at radius 2 is 1.83 bits per heavy atom. The number of carbonyl (C=O) groups is 2. The number of carbonyl (C=O) groups excluding carboxylic acids is 2. The van der Waals surface area contributed by atoms with E-state index in [1.165, 1.54) is 17.0 Å². The molecule has 0 fully saturated rings. The molecule has 0 bridgehead atoms. The molecule has 2 aromatic carbocycles. The molecule has 8 heteroatoms. The lowest BCUT2D eigenvalue weighted by atomic mass is 10.1. The maximum Gasteiger partial charge on any atom is 0.299 e. The lowest BCUT2D eigenvalue weighted by Crippen LogP contribution is -2.29. The summed E-state index contributed by atoms with van der Waals surface area (Å²) in [6.07, 6.45) is 0. The number of nitrogens with two attached hydrogens (primary N) is 1. The van der Waals surface area contributed by atoms with Gasteiger partial charge in [0.1, 0.15) is 0 Å². The van der Waals surface area contributed by atoms with Crippen molar-refractivity contribution in [1.29, 1.82) is 5.26 Å². The van der Waals surface area contributed by atoms with Gasteiger partial charge in [0, 0.05) is 0 Å². The van der Waals surface area contributed by atoms with Crippen LogP contribution in [0.2, 0.25) is 0 Å². The Morgan fingerprint density at radius 3 is 2.50 bits per heavy atom. The van der Waals surface area contributed by atoms with E-state index in [9.17, 15) is 18.0 Å². The molecule has 120 valence electrons. The van der Waals surface area contributed by atoms with Crippen molar-refractivity contribution < 1.29 is 18.0 Å². The van der Waals surface area contributed by atoms with Crippen LogP contribution >= 0.6 is 0 Å². The lowest BCUT2D eigenvalue weighted by molar-refractivity contribution is -0.114. The number of hydrogen-bond donors (Lipinski definition) is 1. The van der Waals surface area contributed by atoms with Gasteiger partial charge in [-0.3, -0.25) is 9.59 Å². The van der Waals surface area contributed by atoms with Crippen molar-refractivity contribution in [2.75, 3.05) is 4.90 Å². The largest absolute Gasteiger partial charge is 0.300 e. The summed E-state index contributed by atoms with van der Waals surface area (Å²) in [6, 6.07) is 12.5. The van der Waals surface area contributed by atoms with Gasteiger partial charge in [0.25, 0.3) is 11.7 Å². The number of sulfonamides is 1. The molecule has 0 radical (unpaired) electrons. The molecule has 0 aromatic heterocycles. The van der Waals surface area contributed by atoms with Gasteiger partial charge in [0.05, 0.1) is 34.3 Å². The van der Waals surface area contributed by atoms with E-state index in [0.717, 1.165) is 6.07 Å². The first-order valence-electron chi connectivity index (χ1n) is 6.84. The highest BCUT2D eigenvalue weighted by molar-refractivity contribution is 7.89. The van der Waals surface area contributed by atoms with E-state index in [2.05, 4.69) is 0 Å². The SMILES string of the molecule is N#Cc1ccccc1CN1C(=O)C(=O)c2cc(S(N)(=O)=O)ccc21. The zero-order chi connectivity index (χ0) is 17.5. The van der Waals surface area contributed by atoms with Crippen molar-refractivity contribution in [2.24, 2.45) is 5.14 Å². The van der Waals surface area contributed by atoms with Crippen LogP contribution in [0.25, 0.3) is 0 Å². The number of nitrogens with zero attached hydrogens (tertiary/aromatic N) is 2.